The molecule has 2 N–H and O–H groups in total. The molecular weight excluding hydrogens is 495 g/mol. The predicted molar refractivity (Wildman–Crippen MR) is 127 cm³/mol. The van der Waals surface area contributed by atoms with Gasteiger partial charge in [0.2, 0.25) is 5.78 Å². The van der Waals surface area contributed by atoms with Crippen molar-refractivity contribution in [3.63, 3.8) is 0 Å². The third-order valence-electron chi connectivity index (χ3n) is 6.01. The van der Waals surface area contributed by atoms with Gasteiger partial charge in [0.05, 0.1) is 11.3 Å². The van der Waals surface area contributed by atoms with Gasteiger partial charge in [0, 0.05) is 59.5 Å². The van der Waals surface area contributed by atoms with Crippen LogP contribution in [0.15, 0.2) is 48.9 Å². The minimum Gasteiger partial charge on any atom is -0.345 e. The van der Waals surface area contributed by atoms with Crippen LogP contribution in [0.2, 0.25) is 0 Å². The molecule has 5 rings (SSSR count). The van der Waals surface area contributed by atoms with Crippen LogP contribution in [0.1, 0.15) is 28.0 Å². The number of hydrogen-bond acceptors (Lipinski definition) is 5. The van der Waals surface area contributed by atoms with Gasteiger partial charge < -0.3 is 4.98 Å². The van der Waals surface area contributed by atoms with E-state index < -0.39 is 45.0 Å². The van der Waals surface area contributed by atoms with E-state index in [9.17, 15) is 22.0 Å². The van der Waals surface area contributed by atoms with Crippen molar-refractivity contribution in [2.75, 3.05) is 17.8 Å². The molecule has 0 amide bonds. The second-order valence-electron chi connectivity index (χ2n) is 8.47. The van der Waals surface area contributed by atoms with Crippen molar-refractivity contribution in [3.8, 4) is 11.1 Å². The summed E-state index contributed by atoms with van der Waals surface area (Å²) in [4.78, 5) is 24.6. The van der Waals surface area contributed by atoms with E-state index in [4.69, 9.17) is 0 Å². The molecule has 1 saturated heterocycles. The van der Waals surface area contributed by atoms with Crippen molar-refractivity contribution in [2.45, 2.75) is 19.5 Å². The Morgan fingerprint density at radius 3 is 2.61 bits per heavy atom. The van der Waals surface area contributed by atoms with Gasteiger partial charge in [-0.2, -0.15) is 12.7 Å². The van der Waals surface area contributed by atoms with E-state index in [-0.39, 0.29) is 25.1 Å². The van der Waals surface area contributed by atoms with E-state index >= 15 is 4.39 Å². The van der Waals surface area contributed by atoms with E-state index in [2.05, 4.69) is 15.0 Å². The number of H-pyrrole nitrogens is 1. The van der Waals surface area contributed by atoms with Crippen LogP contribution in [0, 0.1) is 18.6 Å². The van der Waals surface area contributed by atoms with Gasteiger partial charge in [-0.15, -0.1) is 0 Å². The molecule has 1 aromatic carbocycles. The summed E-state index contributed by atoms with van der Waals surface area (Å²) in [6, 6.07) is 6.98. The van der Waals surface area contributed by atoms with Crippen LogP contribution in [0.4, 0.5) is 18.9 Å². The normalized spacial score (nSPS) is 16.5. The van der Waals surface area contributed by atoms with Crippen molar-refractivity contribution in [2.24, 2.45) is 0 Å². The van der Waals surface area contributed by atoms with Crippen LogP contribution in [-0.4, -0.2) is 52.7 Å². The number of aryl methyl sites for hydroxylation is 1. The van der Waals surface area contributed by atoms with E-state index in [1.807, 2.05) is 23.8 Å². The van der Waals surface area contributed by atoms with Crippen molar-refractivity contribution < 1.29 is 26.4 Å². The van der Waals surface area contributed by atoms with Crippen molar-refractivity contribution in [3.05, 3.63) is 77.4 Å². The van der Waals surface area contributed by atoms with E-state index in [1.54, 1.807) is 18.5 Å². The number of alkyl halides is 1. The Labute approximate surface area is 204 Å². The van der Waals surface area contributed by atoms with Crippen molar-refractivity contribution in [1.82, 2.24) is 19.3 Å². The smallest absolute Gasteiger partial charge is 0.301 e. The lowest BCUT2D eigenvalue weighted by molar-refractivity contribution is 0.103. The summed E-state index contributed by atoms with van der Waals surface area (Å²) >= 11 is 0. The highest BCUT2D eigenvalue weighted by atomic mass is 32.2. The number of benzene rings is 1. The quantitative estimate of drug-likeness (QED) is 0.375. The molecular formula is C24H20F3N5O3S. The van der Waals surface area contributed by atoms with Crippen LogP contribution in [0.25, 0.3) is 22.2 Å². The highest BCUT2D eigenvalue weighted by Crippen LogP contribution is 2.30. The van der Waals surface area contributed by atoms with Gasteiger partial charge in [0.15, 0.2) is 5.82 Å². The molecule has 1 fully saturated rings. The molecule has 0 spiro atoms. The summed E-state index contributed by atoms with van der Waals surface area (Å²) in [5, 5.41) is 0.328. The number of halogens is 3. The Morgan fingerprint density at radius 1 is 1.14 bits per heavy atom. The second kappa shape index (κ2) is 9.03. The lowest BCUT2D eigenvalue weighted by Gasteiger charge is -2.18. The molecule has 0 unspecified atom stereocenters. The summed E-state index contributed by atoms with van der Waals surface area (Å²) in [5.41, 5.74) is 0.936. The number of rotatable bonds is 6. The molecule has 0 radical (unpaired) electrons. The number of pyridine rings is 2. The Bertz CT molecular complexity index is 1590. The van der Waals surface area contributed by atoms with Gasteiger partial charge in [-0.3, -0.25) is 14.5 Å². The molecule has 0 saturated carbocycles. The number of nitrogens with zero attached hydrogens (tertiary/aromatic N) is 3. The number of carbonyl (C=O) groups is 1. The Hall–Kier alpha value is -3.77. The van der Waals surface area contributed by atoms with Gasteiger partial charge in [-0.05, 0) is 37.6 Å². The van der Waals surface area contributed by atoms with Gasteiger partial charge in [-0.1, -0.05) is 6.07 Å². The average Bonchev–Trinajstić information content (AvgIpc) is 3.48. The zero-order chi connectivity index (χ0) is 25.6. The van der Waals surface area contributed by atoms with E-state index in [1.165, 1.54) is 6.20 Å². The zero-order valence-electron chi connectivity index (χ0n) is 18.9. The highest BCUT2D eigenvalue weighted by molar-refractivity contribution is 7.90. The fourth-order valence-corrected chi connectivity index (χ4v) is 5.34. The standard InChI is InChI=1S/C24H20F3N5O3S/c1-13-2-3-14(9-28-13)15-8-17-18(11-30-24(17)29-10-15)23(33)21-19(26)4-5-20(22(21)27)31-36(34,35)32-7-6-16(25)12-32/h2-5,8-11,16,31H,6-7,12H2,1H3,(H,29,30)/t16-/m1/s1. The molecule has 1 atom stereocenters. The minimum atomic E-state index is -4.30. The molecule has 4 aromatic rings. The molecule has 0 aliphatic carbocycles. The number of anilines is 1. The predicted octanol–water partition coefficient (Wildman–Crippen LogP) is 4.14. The molecule has 0 bridgehead atoms. The fourth-order valence-electron chi connectivity index (χ4n) is 4.07. The molecule has 1 aliphatic heterocycles. The topological polar surface area (TPSA) is 108 Å². The number of hydrogen-bond donors (Lipinski definition) is 2. The number of nitrogens with one attached hydrogen (secondary N) is 2. The Morgan fingerprint density at radius 2 is 1.92 bits per heavy atom. The van der Waals surface area contributed by atoms with Gasteiger partial charge in [0.1, 0.15) is 17.6 Å². The third-order valence-corrected chi connectivity index (χ3v) is 7.50. The SMILES string of the molecule is Cc1ccc(-c2cnc3[nH]cc(C(=O)c4c(F)ccc(NS(=O)(=O)N5CC[C@@H](F)C5)c4F)c3c2)cn1. The molecule has 4 heterocycles. The van der Waals surface area contributed by atoms with Gasteiger partial charge in [-0.25, -0.2) is 18.2 Å². The Balaban J connectivity index is 1.52. The largest absolute Gasteiger partial charge is 0.345 e. The maximum atomic E-state index is 15.3. The monoisotopic (exact) mass is 515 g/mol. The van der Waals surface area contributed by atoms with Crippen LogP contribution < -0.4 is 4.72 Å². The minimum absolute atomic E-state index is 0.0196. The zero-order valence-corrected chi connectivity index (χ0v) is 19.7. The summed E-state index contributed by atoms with van der Waals surface area (Å²) in [7, 11) is -4.30. The van der Waals surface area contributed by atoms with Gasteiger partial charge >= 0.3 is 10.2 Å². The summed E-state index contributed by atoms with van der Waals surface area (Å²) in [6.45, 7) is 1.39. The third kappa shape index (κ3) is 4.33. The summed E-state index contributed by atoms with van der Waals surface area (Å²) in [6.07, 6.45) is 3.21. The summed E-state index contributed by atoms with van der Waals surface area (Å²) in [5.74, 6) is -3.53. The molecule has 36 heavy (non-hydrogen) atoms. The van der Waals surface area contributed by atoms with Crippen LogP contribution in [-0.2, 0) is 10.2 Å². The molecule has 186 valence electrons. The second-order valence-corrected chi connectivity index (χ2v) is 10.1. The van der Waals surface area contributed by atoms with E-state index in [0.717, 1.165) is 27.7 Å². The average molecular weight is 516 g/mol. The lowest BCUT2D eigenvalue weighted by atomic mass is 10.00. The highest BCUT2D eigenvalue weighted by Gasteiger charge is 2.33. The van der Waals surface area contributed by atoms with Crippen molar-refractivity contribution in [1.29, 1.82) is 0 Å². The Kier molecular flexibility index (Phi) is 6.00. The molecule has 1 aliphatic rings. The van der Waals surface area contributed by atoms with Crippen LogP contribution in [0.5, 0.6) is 0 Å². The number of carbonyl (C=O) groups excluding carboxylic acids is 1. The molecule has 12 heteroatoms. The maximum absolute atomic E-state index is 15.3. The van der Waals surface area contributed by atoms with Gasteiger partial charge in [0.25, 0.3) is 0 Å². The summed E-state index contributed by atoms with van der Waals surface area (Å²) < 4.78 is 71.4. The van der Waals surface area contributed by atoms with Crippen LogP contribution >= 0.6 is 0 Å². The first-order valence-electron chi connectivity index (χ1n) is 11.0. The van der Waals surface area contributed by atoms with Crippen molar-refractivity contribution >= 4 is 32.7 Å². The number of ketones is 1. The maximum Gasteiger partial charge on any atom is 0.301 e. The molecule has 3 aromatic heterocycles. The number of aromatic amines is 1. The first-order valence-corrected chi connectivity index (χ1v) is 12.4. The first-order chi connectivity index (χ1) is 17.1. The van der Waals surface area contributed by atoms with E-state index in [0.29, 0.717) is 16.6 Å². The first kappa shape index (κ1) is 23.9. The van der Waals surface area contributed by atoms with Crippen LogP contribution in [0.3, 0.4) is 0 Å². The lowest BCUT2D eigenvalue weighted by Crippen LogP contribution is -2.34. The molecule has 8 nitrogen and oxygen atoms in total. The number of aromatic nitrogens is 3. The fraction of sp³-hybridized carbons (Fsp3) is 0.208. The number of fused-ring (bicyclic) bond motifs is 1.